The molecule has 0 bridgehead atoms. The fourth-order valence-electron chi connectivity index (χ4n) is 2.50. The van der Waals surface area contributed by atoms with Crippen molar-refractivity contribution in [1.82, 2.24) is 25.9 Å². The Hall–Kier alpha value is -3.53. The average Bonchev–Trinajstić information content (AvgIpc) is 3.25. The van der Waals surface area contributed by atoms with Gasteiger partial charge in [-0.1, -0.05) is 24.3 Å². The summed E-state index contributed by atoms with van der Waals surface area (Å²) < 4.78 is 1.18. The van der Waals surface area contributed by atoms with Gasteiger partial charge in [-0.25, -0.2) is 4.68 Å². The number of hydrogen-bond donors (Lipinski definition) is 3. The lowest BCUT2D eigenvalue weighted by atomic mass is 10.1. The third kappa shape index (κ3) is 4.07. The van der Waals surface area contributed by atoms with E-state index in [4.69, 9.17) is 0 Å². The van der Waals surface area contributed by atoms with Crippen LogP contribution in [0, 0.1) is 0 Å². The van der Waals surface area contributed by atoms with Gasteiger partial charge in [-0.05, 0) is 24.4 Å². The fourth-order valence-corrected chi connectivity index (χ4v) is 3.14. The molecule has 3 rings (SSSR count). The molecule has 0 saturated heterocycles. The molecule has 9 nitrogen and oxygen atoms in total. The Morgan fingerprint density at radius 3 is 2.46 bits per heavy atom. The van der Waals surface area contributed by atoms with Gasteiger partial charge in [-0.15, -0.1) is 11.3 Å². The van der Waals surface area contributed by atoms with Crippen LogP contribution in [0.2, 0.25) is 0 Å². The highest BCUT2D eigenvalue weighted by Gasteiger charge is 2.17. The molecule has 3 amide bonds. The number of nitrogens with one attached hydrogen (secondary N) is 3. The number of rotatable bonds is 5. The summed E-state index contributed by atoms with van der Waals surface area (Å²) in [5.41, 5.74) is 4.19. The number of benzene rings is 1. The zero-order valence-electron chi connectivity index (χ0n) is 14.9. The summed E-state index contributed by atoms with van der Waals surface area (Å²) in [7, 11) is 0. The van der Waals surface area contributed by atoms with Crippen LogP contribution in [0.5, 0.6) is 0 Å². The van der Waals surface area contributed by atoms with Crippen LogP contribution >= 0.6 is 11.3 Å². The van der Waals surface area contributed by atoms with Gasteiger partial charge >= 0.3 is 0 Å². The number of amides is 3. The molecule has 1 aromatic carbocycles. The molecule has 2 aromatic heterocycles. The monoisotopic (exact) mass is 399 g/mol. The second kappa shape index (κ2) is 8.44. The summed E-state index contributed by atoms with van der Waals surface area (Å²) >= 11 is 1.25. The molecule has 0 saturated carbocycles. The molecule has 0 aliphatic heterocycles. The molecule has 0 aliphatic carbocycles. The van der Waals surface area contributed by atoms with Crippen LogP contribution in [0.4, 0.5) is 0 Å². The van der Waals surface area contributed by atoms with Crippen molar-refractivity contribution in [2.75, 3.05) is 6.54 Å². The van der Waals surface area contributed by atoms with E-state index < -0.39 is 11.8 Å². The number of aromatic nitrogens is 2. The lowest BCUT2D eigenvalue weighted by Crippen LogP contribution is -2.46. The van der Waals surface area contributed by atoms with E-state index in [1.165, 1.54) is 16.0 Å². The van der Waals surface area contributed by atoms with Gasteiger partial charge in [0.15, 0.2) is 5.69 Å². The largest absolute Gasteiger partial charge is 0.342 e. The molecular formula is C18H17N5O4S. The SMILES string of the molecule is CCn1nc(C(=O)NNC(=O)CNC(=O)c2cccs2)c2ccccc2c1=O. The van der Waals surface area contributed by atoms with Gasteiger partial charge in [-0.2, -0.15) is 5.10 Å². The van der Waals surface area contributed by atoms with Gasteiger partial charge in [0, 0.05) is 11.9 Å². The predicted molar refractivity (Wildman–Crippen MR) is 104 cm³/mol. The molecule has 0 radical (unpaired) electrons. The van der Waals surface area contributed by atoms with Gasteiger partial charge in [0.1, 0.15) is 0 Å². The van der Waals surface area contributed by atoms with E-state index in [0.29, 0.717) is 22.2 Å². The van der Waals surface area contributed by atoms with Gasteiger partial charge in [-0.3, -0.25) is 30.0 Å². The number of nitrogens with zero attached hydrogens (tertiary/aromatic N) is 2. The number of carbonyl (C=O) groups is 3. The van der Waals surface area contributed by atoms with Gasteiger partial charge < -0.3 is 5.32 Å². The maximum absolute atomic E-state index is 12.5. The number of hydrogen-bond acceptors (Lipinski definition) is 6. The standard InChI is InChI=1S/C18H17N5O4S/c1-2-23-18(27)12-7-4-3-6-11(12)15(22-23)17(26)21-20-14(24)10-19-16(25)13-8-5-9-28-13/h3-9H,2,10H2,1H3,(H,19,25)(H,20,24)(H,21,26). The molecule has 0 atom stereocenters. The first-order valence-electron chi connectivity index (χ1n) is 8.42. The number of fused-ring (bicyclic) bond motifs is 1. The van der Waals surface area contributed by atoms with Crippen LogP contribution in [-0.4, -0.2) is 34.0 Å². The van der Waals surface area contributed by atoms with Crippen LogP contribution in [0.25, 0.3) is 10.8 Å². The summed E-state index contributed by atoms with van der Waals surface area (Å²) in [6.45, 7) is 1.73. The van der Waals surface area contributed by atoms with Crippen molar-refractivity contribution in [3.8, 4) is 0 Å². The summed E-state index contributed by atoms with van der Waals surface area (Å²) in [6, 6.07) is 9.98. The minimum Gasteiger partial charge on any atom is -0.342 e. The first kappa shape index (κ1) is 19.2. The van der Waals surface area contributed by atoms with E-state index in [1.54, 1.807) is 48.7 Å². The van der Waals surface area contributed by atoms with Gasteiger partial charge in [0.05, 0.1) is 16.8 Å². The zero-order valence-corrected chi connectivity index (χ0v) is 15.7. The van der Waals surface area contributed by atoms with E-state index in [2.05, 4.69) is 21.3 Å². The summed E-state index contributed by atoms with van der Waals surface area (Å²) in [4.78, 5) is 49.0. The molecule has 3 N–H and O–H groups in total. The molecule has 3 aromatic rings. The van der Waals surface area contributed by atoms with Crippen molar-refractivity contribution in [2.45, 2.75) is 13.5 Å². The molecule has 0 spiro atoms. The first-order chi connectivity index (χ1) is 13.5. The first-order valence-corrected chi connectivity index (χ1v) is 9.30. The van der Waals surface area contributed by atoms with E-state index in [9.17, 15) is 19.2 Å². The van der Waals surface area contributed by atoms with Gasteiger partial charge in [0.25, 0.3) is 23.3 Å². The quantitative estimate of drug-likeness (QED) is 0.544. The van der Waals surface area contributed by atoms with E-state index >= 15 is 0 Å². The number of hydrazine groups is 1. The highest BCUT2D eigenvalue weighted by Crippen LogP contribution is 2.13. The normalized spacial score (nSPS) is 10.5. The van der Waals surface area contributed by atoms with Crippen LogP contribution in [0.3, 0.4) is 0 Å². The van der Waals surface area contributed by atoms with Crippen LogP contribution in [0.15, 0.2) is 46.6 Å². The van der Waals surface area contributed by atoms with E-state index in [0.717, 1.165) is 0 Å². The van der Waals surface area contributed by atoms with Crippen molar-refractivity contribution >= 4 is 39.8 Å². The molecule has 10 heteroatoms. The Morgan fingerprint density at radius 2 is 1.79 bits per heavy atom. The van der Waals surface area contributed by atoms with Crippen molar-refractivity contribution in [1.29, 1.82) is 0 Å². The molecule has 0 aliphatic rings. The second-order valence-corrected chi connectivity index (χ2v) is 6.63. The average molecular weight is 399 g/mol. The van der Waals surface area contributed by atoms with Crippen LogP contribution in [0.1, 0.15) is 27.1 Å². The number of thiophene rings is 1. The second-order valence-electron chi connectivity index (χ2n) is 5.68. The minimum atomic E-state index is -0.670. The van der Waals surface area contributed by atoms with Crippen molar-refractivity contribution in [2.24, 2.45) is 0 Å². The Balaban J connectivity index is 1.66. The Kier molecular flexibility index (Phi) is 5.80. The lowest BCUT2D eigenvalue weighted by Gasteiger charge is -2.11. The van der Waals surface area contributed by atoms with Crippen molar-refractivity contribution < 1.29 is 14.4 Å². The zero-order chi connectivity index (χ0) is 20.1. The third-order valence-electron chi connectivity index (χ3n) is 3.85. The minimum absolute atomic E-state index is 0.0139. The fraction of sp³-hybridized carbons (Fsp3) is 0.167. The van der Waals surface area contributed by atoms with E-state index in [-0.39, 0.29) is 23.7 Å². The van der Waals surface area contributed by atoms with Crippen LogP contribution < -0.4 is 21.7 Å². The number of aryl methyl sites for hydroxylation is 1. The maximum atomic E-state index is 12.5. The van der Waals surface area contributed by atoms with Crippen molar-refractivity contribution in [3.63, 3.8) is 0 Å². The summed E-state index contributed by atoms with van der Waals surface area (Å²) in [5.74, 6) is -1.65. The third-order valence-corrected chi connectivity index (χ3v) is 4.72. The molecule has 0 unspecified atom stereocenters. The van der Waals surface area contributed by atoms with Crippen LogP contribution in [-0.2, 0) is 11.3 Å². The maximum Gasteiger partial charge on any atom is 0.290 e. The topological polar surface area (TPSA) is 122 Å². The molecule has 28 heavy (non-hydrogen) atoms. The Labute approximate surface area is 163 Å². The molecule has 0 fully saturated rings. The molecule has 2 heterocycles. The van der Waals surface area contributed by atoms with Crippen molar-refractivity contribution in [3.05, 3.63) is 62.7 Å². The molecule has 144 valence electrons. The van der Waals surface area contributed by atoms with Gasteiger partial charge in [0.2, 0.25) is 0 Å². The molecular weight excluding hydrogens is 382 g/mol. The number of carbonyl (C=O) groups excluding carboxylic acids is 3. The van der Waals surface area contributed by atoms with E-state index in [1.807, 2.05) is 0 Å². The highest BCUT2D eigenvalue weighted by atomic mass is 32.1. The smallest absolute Gasteiger partial charge is 0.290 e. The Morgan fingerprint density at radius 1 is 1.04 bits per heavy atom. The summed E-state index contributed by atoms with van der Waals surface area (Å²) in [5, 5.41) is 9.02. The predicted octanol–water partition coefficient (Wildman–Crippen LogP) is 0.669. The Bertz CT molecular complexity index is 1090. The highest BCUT2D eigenvalue weighted by molar-refractivity contribution is 7.12. The lowest BCUT2D eigenvalue weighted by molar-refractivity contribution is -0.120. The summed E-state index contributed by atoms with van der Waals surface area (Å²) in [6.07, 6.45) is 0.